The van der Waals surface area contributed by atoms with Gasteiger partial charge in [0, 0.05) is 18.4 Å². The molecule has 0 unspecified atom stereocenters. The fourth-order valence-corrected chi connectivity index (χ4v) is 2.73. The summed E-state index contributed by atoms with van der Waals surface area (Å²) in [6.07, 6.45) is 3.65. The van der Waals surface area contributed by atoms with Gasteiger partial charge in [-0.3, -0.25) is 9.78 Å². The van der Waals surface area contributed by atoms with E-state index in [1.165, 1.54) is 6.07 Å². The number of hydrogen-bond acceptors (Lipinski definition) is 2. The Morgan fingerprint density at radius 3 is 2.95 bits per heavy atom. The third-order valence-electron chi connectivity index (χ3n) is 3.80. The molecule has 108 valence electrons. The van der Waals surface area contributed by atoms with Gasteiger partial charge in [-0.15, -0.1) is 0 Å². The van der Waals surface area contributed by atoms with E-state index in [0.717, 1.165) is 29.7 Å². The van der Waals surface area contributed by atoms with E-state index >= 15 is 0 Å². The van der Waals surface area contributed by atoms with Crippen molar-refractivity contribution in [2.24, 2.45) is 0 Å². The predicted molar refractivity (Wildman–Crippen MR) is 79.8 cm³/mol. The van der Waals surface area contributed by atoms with Crippen LogP contribution in [0.5, 0.6) is 0 Å². The number of benzene rings is 1. The Bertz CT molecular complexity index is 667. The average Bonchev–Trinajstić information content (AvgIpc) is 2.49. The lowest BCUT2D eigenvalue weighted by atomic mass is 10.0. The summed E-state index contributed by atoms with van der Waals surface area (Å²) < 4.78 is 14.1. The van der Waals surface area contributed by atoms with Crippen LogP contribution in [0.25, 0.3) is 0 Å². The Labute approximate surface area is 123 Å². The number of rotatable bonds is 2. The highest BCUT2D eigenvalue weighted by Gasteiger charge is 2.25. The van der Waals surface area contributed by atoms with Gasteiger partial charge in [-0.05, 0) is 43.0 Å². The minimum absolute atomic E-state index is 0.0771. The molecule has 0 atom stereocenters. The minimum atomic E-state index is -0.317. The molecule has 4 heteroatoms. The zero-order valence-corrected chi connectivity index (χ0v) is 12.0. The molecule has 3 nitrogen and oxygen atoms in total. The lowest BCUT2D eigenvalue weighted by Gasteiger charge is -2.29. The first-order chi connectivity index (χ1) is 10.1. The first-order valence-corrected chi connectivity index (χ1v) is 7.14. The van der Waals surface area contributed by atoms with Crippen molar-refractivity contribution in [2.75, 3.05) is 11.4 Å². The summed E-state index contributed by atoms with van der Waals surface area (Å²) in [5, 5.41) is 0. The highest BCUT2D eigenvalue weighted by Crippen LogP contribution is 2.30. The van der Waals surface area contributed by atoms with Crippen molar-refractivity contribution in [2.45, 2.75) is 26.2 Å². The molecule has 21 heavy (non-hydrogen) atoms. The van der Waals surface area contributed by atoms with Crippen LogP contribution < -0.4 is 4.90 Å². The SMILES string of the molecule is Cc1ccc(CC(=O)N2CCCc3cccc(F)c32)cn1. The predicted octanol–water partition coefficient (Wildman–Crippen LogP) is 3.05. The zero-order chi connectivity index (χ0) is 14.8. The van der Waals surface area contributed by atoms with Crippen LogP contribution in [-0.2, 0) is 17.6 Å². The maximum Gasteiger partial charge on any atom is 0.231 e. The van der Waals surface area contributed by atoms with Crippen LogP contribution in [0.15, 0.2) is 36.5 Å². The van der Waals surface area contributed by atoms with Crippen LogP contribution >= 0.6 is 0 Å². The molecular weight excluding hydrogens is 267 g/mol. The molecule has 0 N–H and O–H groups in total. The molecule has 1 aromatic carbocycles. The van der Waals surface area contributed by atoms with Crippen molar-refractivity contribution in [3.63, 3.8) is 0 Å². The second kappa shape index (κ2) is 5.64. The molecule has 0 spiro atoms. The smallest absolute Gasteiger partial charge is 0.231 e. The van der Waals surface area contributed by atoms with Gasteiger partial charge in [0.15, 0.2) is 0 Å². The Hall–Kier alpha value is -2.23. The lowest BCUT2D eigenvalue weighted by Crippen LogP contribution is -2.37. The topological polar surface area (TPSA) is 33.2 Å². The van der Waals surface area contributed by atoms with Crippen LogP contribution in [0.2, 0.25) is 0 Å². The summed E-state index contributed by atoms with van der Waals surface area (Å²) in [5.41, 5.74) is 3.14. The van der Waals surface area contributed by atoms with E-state index in [4.69, 9.17) is 0 Å². The van der Waals surface area contributed by atoms with E-state index < -0.39 is 0 Å². The molecule has 0 aliphatic carbocycles. The largest absolute Gasteiger partial charge is 0.309 e. The van der Waals surface area contributed by atoms with Gasteiger partial charge in [0.1, 0.15) is 5.82 Å². The number of anilines is 1. The second-order valence-corrected chi connectivity index (χ2v) is 5.38. The summed E-state index contributed by atoms with van der Waals surface area (Å²) in [4.78, 5) is 18.3. The number of amides is 1. The van der Waals surface area contributed by atoms with E-state index in [-0.39, 0.29) is 18.1 Å². The van der Waals surface area contributed by atoms with Gasteiger partial charge >= 0.3 is 0 Å². The summed E-state index contributed by atoms with van der Waals surface area (Å²) in [6.45, 7) is 2.48. The molecule has 2 heterocycles. The first kappa shape index (κ1) is 13.7. The van der Waals surface area contributed by atoms with Crippen molar-refractivity contribution < 1.29 is 9.18 Å². The van der Waals surface area contributed by atoms with Crippen molar-refractivity contribution in [1.29, 1.82) is 0 Å². The zero-order valence-electron chi connectivity index (χ0n) is 12.0. The summed E-state index contributed by atoms with van der Waals surface area (Å²) >= 11 is 0. The molecule has 1 aromatic heterocycles. The van der Waals surface area contributed by atoms with Gasteiger partial charge in [-0.25, -0.2) is 4.39 Å². The highest BCUT2D eigenvalue weighted by molar-refractivity contribution is 5.96. The number of halogens is 1. The van der Waals surface area contributed by atoms with Crippen molar-refractivity contribution >= 4 is 11.6 Å². The molecule has 0 saturated heterocycles. The van der Waals surface area contributed by atoms with Crippen LogP contribution in [0.1, 0.15) is 23.2 Å². The van der Waals surface area contributed by atoms with E-state index in [1.54, 1.807) is 17.2 Å². The normalized spacial score (nSPS) is 13.9. The number of carbonyl (C=O) groups is 1. The van der Waals surface area contributed by atoms with E-state index in [1.807, 2.05) is 25.1 Å². The number of pyridine rings is 1. The molecule has 0 saturated carbocycles. The number of aryl methyl sites for hydroxylation is 2. The number of carbonyl (C=O) groups excluding carboxylic acids is 1. The monoisotopic (exact) mass is 284 g/mol. The number of nitrogens with zero attached hydrogens (tertiary/aromatic N) is 2. The van der Waals surface area contributed by atoms with Crippen LogP contribution in [0, 0.1) is 12.7 Å². The molecule has 1 amide bonds. The molecule has 3 rings (SSSR count). The molecule has 0 radical (unpaired) electrons. The minimum Gasteiger partial charge on any atom is -0.309 e. The van der Waals surface area contributed by atoms with Gasteiger partial charge < -0.3 is 4.90 Å². The van der Waals surface area contributed by atoms with Gasteiger partial charge in [-0.2, -0.15) is 0 Å². The number of aromatic nitrogens is 1. The fourth-order valence-electron chi connectivity index (χ4n) is 2.73. The molecular formula is C17H17FN2O. The quantitative estimate of drug-likeness (QED) is 0.849. The van der Waals surface area contributed by atoms with Crippen molar-refractivity contribution in [3.8, 4) is 0 Å². The van der Waals surface area contributed by atoms with E-state index in [9.17, 15) is 9.18 Å². The van der Waals surface area contributed by atoms with Crippen LogP contribution in [-0.4, -0.2) is 17.4 Å². The number of hydrogen-bond donors (Lipinski definition) is 0. The first-order valence-electron chi connectivity index (χ1n) is 7.14. The Morgan fingerprint density at radius 1 is 1.33 bits per heavy atom. The Morgan fingerprint density at radius 2 is 2.19 bits per heavy atom. The Balaban J connectivity index is 1.85. The van der Waals surface area contributed by atoms with Crippen LogP contribution in [0.3, 0.4) is 0 Å². The summed E-state index contributed by atoms with van der Waals surface area (Å²) in [7, 11) is 0. The average molecular weight is 284 g/mol. The van der Waals surface area contributed by atoms with Gasteiger partial charge in [0.2, 0.25) is 5.91 Å². The summed E-state index contributed by atoms with van der Waals surface area (Å²) in [6, 6.07) is 8.79. The summed E-state index contributed by atoms with van der Waals surface area (Å²) in [5.74, 6) is -0.394. The third kappa shape index (κ3) is 2.79. The Kier molecular flexibility index (Phi) is 3.69. The molecule has 0 bridgehead atoms. The maximum atomic E-state index is 14.1. The lowest BCUT2D eigenvalue weighted by molar-refractivity contribution is -0.118. The van der Waals surface area contributed by atoms with E-state index in [0.29, 0.717) is 12.2 Å². The number of fused-ring (bicyclic) bond motifs is 1. The molecule has 1 aliphatic heterocycles. The molecule has 0 fully saturated rings. The molecule has 2 aromatic rings. The maximum absolute atomic E-state index is 14.1. The van der Waals surface area contributed by atoms with Crippen LogP contribution in [0.4, 0.5) is 10.1 Å². The fraction of sp³-hybridized carbons (Fsp3) is 0.294. The van der Waals surface area contributed by atoms with Crippen molar-refractivity contribution in [1.82, 2.24) is 4.98 Å². The highest BCUT2D eigenvalue weighted by atomic mass is 19.1. The third-order valence-corrected chi connectivity index (χ3v) is 3.80. The van der Waals surface area contributed by atoms with E-state index in [2.05, 4.69) is 4.98 Å². The number of para-hydroxylation sites is 1. The van der Waals surface area contributed by atoms with Gasteiger partial charge in [0.25, 0.3) is 0 Å². The van der Waals surface area contributed by atoms with Gasteiger partial charge in [0.05, 0.1) is 12.1 Å². The van der Waals surface area contributed by atoms with Crippen molar-refractivity contribution in [3.05, 3.63) is 59.2 Å². The molecule has 1 aliphatic rings. The standard InChI is InChI=1S/C17H17FN2O/c1-12-7-8-13(11-19-12)10-16(21)20-9-3-5-14-4-2-6-15(18)17(14)20/h2,4,6-8,11H,3,5,9-10H2,1H3. The van der Waals surface area contributed by atoms with Gasteiger partial charge in [-0.1, -0.05) is 18.2 Å². The second-order valence-electron chi connectivity index (χ2n) is 5.38.